The number of hydrogen-bond donors (Lipinski definition) is 1. The number of allylic oxidation sites excluding steroid dienone is 4. The van der Waals surface area contributed by atoms with Crippen molar-refractivity contribution in [3.63, 3.8) is 0 Å². The van der Waals surface area contributed by atoms with Gasteiger partial charge in [-0.2, -0.15) is 5.26 Å². The Kier molecular flexibility index (Phi) is 5.91. The van der Waals surface area contributed by atoms with E-state index in [0.29, 0.717) is 23.5 Å². The first-order valence-corrected chi connectivity index (χ1v) is 10.5. The van der Waals surface area contributed by atoms with Crippen molar-refractivity contribution in [2.24, 2.45) is 5.92 Å². The Bertz CT molecular complexity index is 1140. The lowest BCUT2D eigenvalue weighted by Gasteiger charge is -2.39. The quantitative estimate of drug-likeness (QED) is 0.755. The van der Waals surface area contributed by atoms with Crippen molar-refractivity contribution in [3.8, 4) is 23.3 Å². The zero-order valence-electron chi connectivity index (χ0n) is 18.6. The van der Waals surface area contributed by atoms with E-state index in [4.69, 9.17) is 14.2 Å². The molecule has 1 heterocycles. The zero-order valence-corrected chi connectivity index (χ0v) is 18.6. The number of hydrogen-bond acceptors (Lipinski definition) is 6. The Morgan fingerprint density at radius 3 is 2.38 bits per heavy atom. The van der Waals surface area contributed by atoms with Crippen LogP contribution in [-0.4, -0.2) is 27.1 Å². The lowest BCUT2D eigenvalue weighted by molar-refractivity contribution is -0.123. The average Bonchev–Trinajstić information content (AvgIpc) is 2.82. The molecule has 6 nitrogen and oxygen atoms in total. The predicted molar refractivity (Wildman–Crippen MR) is 121 cm³/mol. The summed E-state index contributed by atoms with van der Waals surface area (Å²) in [5.74, 6) is 1.02. The topological polar surface area (TPSA) is 80.6 Å². The number of fused-ring (bicyclic) bond motifs is 1. The maximum absolute atomic E-state index is 13.5. The van der Waals surface area contributed by atoms with E-state index < -0.39 is 11.8 Å². The van der Waals surface area contributed by atoms with E-state index in [1.54, 1.807) is 21.3 Å². The Balaban J connectivity index is 1.82. The van der Waals surface area contributed by atoms with Crippen molar-refractivity contribution in [3.05, 3.63) is 76.6 Å². The molecule has 0 saturated heterocycles. The third kappa shape index (κ3) is 3.60. The van der Waals surface area contributed by atoms with Crippen molar-refractivity contribution < 1.29 is 19.0 Å². The van der Waals surface area contributed by atoms with E-state index in [0.717, 1.165) is 28.3 Å². The molecule has 0 amide bonds. The Morgan fingerprint density at radius 1 is 1.00 bits per heavy atom. The second-order valence-electron chi connectivity index (χ2n) is 7.99. The van der Waals surface area contributed by atoms with Gasteiger partial charge in [-0.25, -0.2) is 0 Å². The fourth-order valence-electron chi connectivity index (χ4n) is 4.78. The number of carbonyl (C=O) groups is 1. The van der Waals surface area contributed by atoms with Gasteiger partial charge in [0.15, 0.2) is 11.5 Å². The second-order valence-corrected chi connectivity index (χ2v) is 7.99. The minimum absolute atomic E-state index is 0.0450. The normalized spacial score (nSPS) is 22.3. The van der Waals surface area contributed by atoms with Crippen LogP contribution in [0.25, 0.3) is 0 Å². The van der Waals surface area contributed by atoms with E-state index >= 15 is 0 Å². The van der Waals surface area contributed by atoms with Gasteiger partial charge in [-0.1, -0.05) is 30.3 Å². The lowest BCUT2D eigenvalue weighted by atomic mass is 9.68. The van der Waals surface area contributed by atoms with Gasteiger partial charge >= 0.3 is 0 Å². The molecular weight excluding hydrogens is 404 g/mol. The number of Topliss-reactive ketones (excluding diaryl/α,β-unsaturated/α-hetero) is 1. The van der Waals surface area contributed by atoms with Gasteiger partial charge in [0.1, 0.15) is 11.5 Å². The molecular formula is C26H26N2O4. The van der Waals surface area contributed by atoms with Gasteiger partial charge in [-0.15, -0.1) is 0 Å². The third-order valence-electron chi connectivity index (χ3n) is 6.30. The molecule has 32 heavy (non-hydrogen) atoms. The average molecular weight is 431 g/mol. The number of nitrogens with zero attached hydrogens (tertiary/aromatic N) is 1. The van der Waals surface area contributed by atoms with Gasteiger partial charge < -0.3 is 19.5 Å². The summed E-state index contributed by atoms with van der Waals surface area (Å²) in [6.45, 7) is 1.87. The fraction of sp³-hybridized carbons (Fsp3) is 0.308. The van der Waals surface area contributed by atoms with E-state index in [1.807, 2.05) is 49.4 Å². The van der Waals surface area contributed by atoms with E-state index in [9.17, 15) is 10.1 Å². The van der Waals surface area contributed by atoms with Crippen LogP contribution < -0.4 is 19.5 Å². The lowest BCUT2D eigenvalue weighted by Crippen LogP contribution is -2.40. The minimum atomic E-state index is -0.483. The fourth-order valence-corrected chi connectivity index (χ4v) is 4.78. The number of benzene rings is 2. The molecule has 2 aromatic carbocycles. The summed E-state index contributed by atoms with van der Waals surface area (Å²) in [6, 6.07) is 15.7. The number of nitriles is 1. The van der Waals surface area contributed by atoms with Crippen LogP contribution in [0.1, 0.15) is 36.3 Å². The molecule has 0 saturated carbocycles. The van der Waals surface area contributed by atoms with Gasteiger partial charge in [-0.3, -0.25) is 4.79 Å². The van der Waals surface area contributed by atoms with Crippen molar-refractivity contribution in [2.45, 2.75) is 25.2 Å². The van der Waals surface area contributed by atoms with E-state index in [2.05, 4.69) is 17.5 Å². The van der Waals surface area contributed by atoms with E-state index in [1.165, 1.54) is 0 Å². The number of rotatable bonds is 5. The molecule has 2 aromatic rings. The van der Waals surface area contributed by atoms with Crippen molar-refractivity contribution in [2.75, 3.05) is 21.3 Å². The van der Waals surface area contributed by atoms with Crippen LogP contribution in [0.2, 0.25) is 0 Å². The summed E-state index contributed by atoms with van der Waals surface area (Å²) in [5.41, 5.74) is 3.93. The van der Waals surface area contributed by atoms with Gasteiger partial charge in [0.25, 0.3) is 0 Å². The number of ether oxygens (including phenoxy) is 3. The molecule has 1 N–H and O–H groups in total. The second kappa shape index (κ2) is 8.80. The zero-order chi connectivity index (χ0) is 22.8. The molecule has 164 valence electrons. The molecule has 0 radical (unpaired) electrons. The number of para-hydroxylation sites is 1. The van der Waals surface area contributed by atoms with Crippen LogP contribution in [-0.2, 0) is 4.79 Å². The summed E-state index contributed by atoms with van der Waals surface area (Å²) < 4.78 is 16.4. The number of nitrogens with one attached hydrogen (secondary N) is 1. The van der Waals surface area contributed by atoms with Crippen LogP contribution >= 0.6 is 0 Å². The van der Waals surface area contributed by atoms with Gasteiger partial charge in [0, 0.05) is 35.2 Å². The first-order valence-electron chi connectivity index (χ1n) is 10.5. The molecule has 3 atom stereocenters. The van der Waals surface area contributed by atoms with Crippen LogP contribution in [0.5, 0.6) is 17.2 Å². The smallest absolute Gasteiger partial charge is 0.164 e. The van der Waals surface area contributed by atoms with Crippen molar-refractivity contribution in [1.82, 2.24) is 5.32 Å². The standard InChI is InChI=1S/C26H26N2O4/c1-15-20(14-27)24(19-6-5-7-23(31-3)26(19)32-4)25-21(28-15)12-17(13-22(25)29)16-8-10-18(30-2)11-9-16/h5-12,17,24-25,28H,13H2,1-4H3. The first-order chi connectivity index (χ1) is 15.5. The third-order valence-corrected chi connectivity index (χ3v) is 6.30. The summed E-state index contributed by atoms with van der Waals surface area (Å²) >= 11 is 0. The first kappa shape index (κ1) is 21.5. The maximum Gasteiger partial charge on any atom is 0.164 e. The minimum Gasteiger partial charge on any atom is -0.497 e. The highest BCUT2D eigenvalue weighted by Gasteiger charge is 2.44. The van der Waals surface area contributed by atoms with Gasteiger partial charge in [-0.05, 0) is 30.7 Å². The monoisotopic (exact) mass is 430 g/mol. The molecule has 6 heteroatoms. The van der Waals surface area contributed by atoms with Crippen molar-refractivity contribution in [1.29, 1.82) is 5.26 Å². The van der Waals surface area contributed by atoms with Crippen LogP contribution in [0.4, 0.5) is 0 Å². The highest BCUT2D eigenvalue weighted by molar-refractivity contribution is 5.89. The summed E-state index contributed by atoms with van der Waals surface area (Å²) in [6.07, 6.45) is 2.48. The van der Waals surface area contributed by atoms with E-state index in [-0.39, 0.29) is 11.7 Å². The summed E-state index contributed by atoms with van der Waals surface area (Å²) in [7, 11) is 4.78. The number of ketones is 1. The largest absolute Gasteiger partial charge is 0.497 e. The van der Waals surface area contributed by atoms with Crippen LogP contribution in [0.15, 0.2) is 65.5 Å². The predicted octanol–water partition coefficient (Wildman–Crippen LogP) is 4.45. The molecule has 1 aliphatic carbocycles. The van der Waals surface area contributed by atoms with Crippen LogP contribution in [0.3, 0.4) is 0 Å². The summed E-state index contributed by atoms with van der Waals surface area (Å²) in [5, 5.41) is 13.3. The number of carbonyl (C=O) groups excluding carboxylic acids is 1. The van der Waals surface area contributed by atoms with Crippen LogP contribution in [0, 0.1) is 17.2 Å². The molecule has 0 spiro atoms. The maximum atomic E-state index is 13.5. The SMILES string of the molecule is COc1ccc(C2C=C3NC(C)=C(C#N)C(c4cccc(OC)c4OC)C3C(=O)C2)cc1. The number of methoxy groups -OCH3 is 3. The molecule has 2 aliphatic rings. The molecule has 0 aromatic heterocycles. The Labute approximate surface area is 188 Å². The molecule has 0 fully saturated rings. The molecule has 1 aliphatic heterocycles. The van der Waals surface area contributed by atoms with Gasteiger partial charge in [0.2, 0.25) is 0 Å². The van der Waals surface area contributed by atoms with Gasteiger partial charge in [0.05, 0.1) is 38.9 Å². The molecule has 3 unspecified atom stereocenters. The molecule has 4 rings (SSSR count). The highest BCUT2D eigenvalue weighted by atomic mass is 16.5. The highest BCUT2D eigenvalue weighted by Crippen LogP contribution is 2.49. The summed E-state index contributed by atoms with van der Waals surface area (Å²) in [4.78, 5) is 13.5. The molecule has 0 bridgehead atoms. The van der Waals surface area contributed by atoms with Crippen molar-refractivity contribution >= 4 is 5.78 Å². The Morgan fingerprint density at radius 2 is 1.75 bits per heavy atom. The Hall–Kier alpha value is -3.72.